The number of anilines is 2. The van der Waals surface area contributed by atoms with Gasteiger partial charge >= 0.3 is 0 Å². The van der Waals surface area contributed by atoms with Crippen LogP contribution >= 0.6 is 0 Å². The van der Waals surface area contributed by atoms with E-state index in [2.05, 4.69) is 26.6 Å². The minimum absolute atomic E-state index is 0.0211. The van der Waals surface area contributed by atoms with Crippen LogP contribution in [0.5, 0.6) is 5.75 Å². The molecule has 0 radical (unpaired) electrons. The van der Waals surface area contributed by atoms with Gasteiger partial charge in [-0.1, -0.05) is 18.2 Å². The normalized spacial score (nSPS) is 18.0. The van der Waals surface area contributed by atoms with Crippen molar-refractivity contribution in [3.63, 3.8) is 0 Å². The second-order valence-electron chi connectivity index (χ2n) is 8.39. The molecule has 0 bridgehead atoms. The molecule has 1 atom stereocenters. The minimum atomic E-state index is -0.751. The molecule has 2 aromatic heterocycles. The summed E-state index contributed by atoms with van der Waals surface area (Å²) in [7, 11) is 3.68. The van der Waals surface area contributed by atoms with Gasteiger partial charge in [0.15, 0.2) is 0 Å². The Bertz CT molecular complexity index is 1090. The van der Waals surface area contributed by atoms with Crippen LogP contribution in [0.15, 0.2) is 60.8 Å². The third kappa shape index (κ3) is 4.73. The number of likely N-dealkylation sites (N-methyl/N-ethyl adjacent to an activating group) is 1. The van der Waals surface area contributed by atoms with Gasteiger partial charge in [-0.3, -0.25) is 9.78 Å². The predicted molar refractivity (Wildman–Crippen MR) is 125 cm³/mol. The van der Waals surface area contributed by atoms with Crippen molar-refractivity contribution in [3.8, 4) is 5.75 Å². The molecule has 0 saturated heterocycles. The second kappa shape index (κ2) is 9.36. The number of carbonyl (C=O) groups is 1. The molecule has 1 aliphatic heterocycles. The van der Waals surface area contributed by atoms with Gasteiger partial charge in [0.05, 0.1) is 12.8 Å². The summed E-state index contributed by atoms with van der Waals surface area (Å²) in [5.41, 5.74) is 2.97. The largest absolute Gasteiger partial charge is 0.497 e. The number of hydrogen-bond donors (Lipinski definition) is 2. The van der Waals surface area contributed by atoms with Crippen LogP contribution < -0.4 is 15.4 Å². The highest BCUT2D eigenvalue weighted by molar-refractivity contribution is 5.88. The van der Waals surface area contributed by atoms with Gasteiger partial charge < -0.3 is 20.3 Å². The lowest BCUT2D eigenvalue weighted by molar-refractivity contribution is -0.127. The summed E-state index contributed by atoms with van der Waals surface area (Å²) in [6, 6.07) is 17.5. The van der Waals surface area contributed by atoms with E-state index in [9.17, 15) is 4.79 Å². The molecule has 3 heterocycles. The maximum atomic E-state index is 13.3. The Labute approximate surface area is 188 Å². The number of carbonyl (C=O) groups excluding carboxylic acids is 1. The Hall–Kier alpha value is -3.45. The number of ether oxygens (including phenoxy) is 1. The number of amides is 1. The predicted octanol–water partition coefficient (Wildman–Crippen LogP) is 3.29. The van der Waals surface area contributed by atoms with Crippen LogP contribution in [0.1, 0.15) is 23.9 Å². The summed E-state index contributed by atoms with van der Waals surface area (Å²) in [5, 5.41) is 6.44. The van der Waals surface area contributed by atoms with Crippen molar-refractivity contribution in [3.05, 3.63) is 77.7 Å². The van der Waals surface area contributed by atoms with Gasteiger partial charge in [0.25, 0.3) is 0 Å². The van der Waals surface area contributed by atoms with Crippen molar-refractivity contribution in [1.29, 1.82) is 0 Å². The average molecular weight is 432 g/mol. The van der Waals surface area contributed by atoms with Crippen molar-refractivity contribution >= 4 is 17.4 Å². The van der Waals surface area contributed by atoms with Crippen molar-refractivity contribution in [2.75, 3.05) is 32.6 Å². The summed E-state index contributed by atoms with van der Waals surface area (Å²) in [4.78, 5) is 24.7. The molecule has 3 aromatic rings. The second-order valence-corrected chi connectivity index (χ2v) is 8.39. The topological polar surface area (TPSA) is 79.4 Å². The first-order valence-electron chi connectivity index (χ1n) is 10.8. The fourth-order valence-electron chi connectivity index (χ4n) is 4.20. The Morgan fingerprint density at radius 2 is 2.06 bits per heavy atom. The van der Waals surface area contributed by atoms with Crippen LogP contribution in [-0.2, 0) is 23.2 Å². The molecule has 1 aliphatic rings. The molecule has 7 heteroatoms. The number of aromatic nitrogens is 2. The first-order valence-corrected chi connectivity index (χ1v) is 10.8. The van der Waals surface area contributed by atoms with Gasteiger partial charge in [-0.05, 0) is 49.9 Å². The molecular formula is C25H29N5O2. The molecule has 32 heavy (non-hydrogen) atoms. The fraction of sp³-hybridized carbons (Fsp3) is 0.320. The van der Waals surface area contributed by atoms with Gasteiger partial charge in [0, 0.05) is 49.7 Å². The molecular weight excluding hydrogens is 402 g/mol. The van der Waals surface area contributed by atoms with E-state index in [0.29, 0.717) is 25.3 Å². The van der Waals surface area contributed by atoms with E-state index < -0.39 is 5.41 Å². The molecule has 0 aliphatic carbocycles. The van der Waals surface area contributed by atoms with Crippen molar-refractivity contribution in [1.82, 2.24) is 20.2 Å². The van der Waals surface area contributed by atoms with E-state index in [1.54, 1.807) is 13.3 Å². The number of hydrogen-bond acceptors (Lipinski definition) is 6. The van der Waals surface area contributed by atoms with Crippen LogP contribution in [0.3, 0.4) is 0 Å². The first-order chi connectivity index (χ1) is 15.5. The quantitative estimate of drug-likeness (QED) is 0.598. The molecule has 1 aromatic carbocycles. The number of rotatable bonds is 7. The number of nitrogens with one attached hydrogen (secondary N) is 2. The standard InChI is InChI=1S/C25H29N5O2/c1-25(24(31)27-14-12-19-7-4-5-13-26-19)17-30(2)16-18-10-11-22(29-23(18)25)28-20-8-6-9-21(15-20)32-3/h4-11,13,15H,12,14,16-17H2,1-3H3,(H,27,31)(H,28,29). The van der Waals surface area contributed by atoms with Gasteiger partial charge in [0.2, 0.25) is 5.91 Å². The van der Waals surface area contributed by atoms with Crippen LogP contribution in [0.4, 0.5) is 11.5 Å². The molecule has 1 unspecified atom stereocenters. The van der Waals surface area contributed by atoms with Crippen LogP contribution in [0.2, 0.25) is 0 Å². The molecule has 0 fully saturated rings. The first kappa shape index (κ1) is 21.8. The van der Waals surface area contributed by atoms with E-state index in [1.165, 1.54) is 0 Å². The summed E-state index contributed by atoms with van der Waals surface area (Å²) < 4.78 is 5.31. The van der Waals surface area contributed by atoms with Crippen molar-refractivity contribution in [2.45, 2.75) is 25.3 Å². The third-order valence-corrected chi connectivity index (χ3v) is 5.76. The van der Waals surface area contributed by atoms with Crippen molar-refractivity contribution < 1.29 is 9.53 Å². The number of fused-ring (bicyclic) bond motifs is 1. The molecule has 4 rings (SSSR count). The highest BCUT2D eigenvalue weighted by atomic mass is 16.5. The van der Waals surface area contributed by atoms with Gasteiger partial charge in [-0.15, -0.1) is 0 Å². The lowest BCUT2D eigenvalue weighted by atomic mass is 9.79. The average Bonchev–Trinajstić information content (AvgIpc) is 2.80. The van der Waals surface area contributed by atoms with E-state index in [1.807, 2.05) is 62.5 Å². The Kier molecular flexibility index (Phi) is 6.37. The number of benzene rings is 1. The van der Waals surface area contributed by atoms with Gasteiger partial charge in [-0.25, -0.2) is 4.98 Å². The number of pyridine rings is 2. The van der Waals surface area contributed by atoms with E-state index >= 15 is 0 Å². The lowest BCUT2D eigenvalue weighted by Gasteiger charge is -2.38. The summed E-state index contributed by atoms with van der Waals surface area (Å²) in [6.07, 6.45) is 2.46. The Morgan fingerprint density at radius 3 is 2.84 bits per heavy atom. The van der Waals surface area contributed by atoms with Crippen molar-refractivity contribution in [2.24, 2.45) is 0 Å². The smallest absolute Gasteiger partial charge is 0.233 e. The highest BCUT2D eigenvalue weighted by Gasteiger charge is 2.42. The SMILES string of the molecule is COc1cccc(Nc2ccc3c(n2)C(C)(C(=O)NCCc2ccccn2)CN(C)C3)c1. The zero-order valence-electron chi connectivity index (χ0n) is 18.8. The summed E-state index contributed by atoms with van der Waals surface area (Å²) in [6.45, 7) is 3.87. The van der Waals surface area contributed by atoms with Gasteiger partial charge in [-0.2, -0.15) is 0 Å². The van der Waals surface area contributed by atoms with E-state index in [0.717, 1.165) is 34.9 Å². The van der Waals surface area contributed by atoms with E-state index in [-0.39, 0.29) is 5.91 Å². The molecule has 0 saturated carbocycles. The fourth-order valence-corrected chi connectivity index (χ4v) is 4.20. The molecule has 7 nitrogen and oxygen atoms in total. The summed E-state index contributed by atoms with van der Waals surface area (Å²) in [5.74, 6) is 1.45. The third-order valence-electron chi connectivity index (χ3n) is 5.76. The lowest BCUT2D eigenvalue weighted by Crippen LogP contribution is -2.53. The Balaban J connectivity index is 1.54. The zero-order chi connectivity index (χ0) is 22.6. The van der Waals surface area contributed by atoms with Gasteiger partial charge in [0.1, 0.15) is 17.0 Å². The van der Waals surface area contributed by atoms with Crippen LogP contribution in [0, 0.1) is 0 Å². The monoisotopic (exact) mass is 431 g/mol. The van der Waals surface area contributed by atoms with Crippen LogP contribution in [0.25, 0.3) is 0 Å². The maximum absolute atomic E-state index is 13.3. The summed E-state index contributed by atoms with van der Waals surface area (Å²) >= 11 is 0. The minimum Gasteiger partial charge on any atom is -0.497 e. The number of methoxy groups -OCH3 is 1. The Morgan fingerprint density at radius 1 is 1.19 bits per heavy atom. The number of nitrogens with zero attached hydrogens (tertiary/aromatic N) is 3. The zero-order valence-corrected chi connectivity index (χ0v) is 18.8. The molecule has 166 valence electrons. The molecule has 1 amide bonds. The van der Waals surface area contributed by atoms with Crippen LogP contribution in [-0.4, -0.2) is 48.0 Å². The maximum Gasteiger partial charge on any atom is 0.233 e. The molecule has 0 spiro atoms. The van der Waals surface area contributed by atoms with E-state index in [4.69, 9.17) is 9.72 Å². The highest BCUT2D eigenvalue weighted by Crippen LogP contribution is 2.33. The molecule has 2 N–H and O–H groups in total.